The lowest BCUT2D eigenvalue weighted by Gasteiger charge is -2.14. The summed E-state index contributed by atoms with van der Waals surface area (Å²) in [7, 11) is 0. The molecule has 1 unspecified atom stereocenters. The molecule has 1 N–H and O–H groups in total. The van der Waals surface area contributed by atoms with Crippen LogP contribution in [0.15, 0.2) is 36.7 Å². The molecular formula is C16H18ClN3O. The smallest absolute Gasteiger partial charge is 0.251 e. The SMILES string of the molecule is CCCc1cc(C(=O)NC(C)c2cccnc2)cc(Cl)n1. The molecular weight excluding hydrogens is 286 g/mol. The Labute approximate surface area is 129 Å². The van der Waals surface area contributed by atoms with E-state index in [9.17, 15) is 4.79 Å². The highest BCUT2D eigenvalue weighted by molar-refractivity contribution is 6.29. The van der Waals surface area contributed by atoms with Crippen LogP contribution < -0.4 is 5.32 Å². The van der Waals surface area contributed by atoms with Crippen LogP contribution in [0.3, 0.4) is 0 Å². The number of pyridine rings is 2. The van der Waals surface area contributed by atoms with Gasteiger partial charge in [0, 0.05) is 23.7 Å². The summed E-state index contributed by atoms with van der Waals surface area (Å²) in [4.78, 5) is 20.6. The van der Waals surface area contributed by atoms with Crippen molar-refractivity contribution < 1.29 is 4.79 Å². The third-order valence-electron chi connectivity index (χ3n) is 3.15. The number of nitrogens with zero attached hydrogens (tertiary/aromatic N) is 2. The molecule has 4 nitrogen and oxygen atoms in total. The summed E-state index contributed by atoms with van der Waals surface area (Å²) in [5.41, 5.74) is 2.33. The molecule has 0 bridgehead atoms. The number of halogens is 1. The van der Waals surface area contributed by atoms with E-state index in [4.69, 9.17) is 11.6 Å². The maximum absolute atomic E-state index is 12.3. The zero-order valence-corrected chi connectivity index (χ0v) is 12.9. The first-order valence-electron chi connectivity index (χ1n) is 6.97. The lowest BCUT2D eigenvalue weighted by Crippen LogP contribution is -2.27. The predicted octanol–water partition coefficient (Wildman–Crippen LogP) is 3.57. The van der Waals surface area contributed by atoms with Crippen LogP contribution in [0.25, 0.3) is 0 Å². The van der Waals surface area contributed by atoms with Crippen molar-refractivity contribution in [2.24, 2.45) is 0 Å². The normalized spacial score (nSPS) is 12.0. The fourth-order valence-corrected chi connectivity index (χ4v) is 2.29. The molecule has 5 heteroatoms. The standard InChI is InChI=1S/C16H18ClN3O/c1-3-5-14-8-13(9-15(17)20-14)16(21)19-11(2)12-6-4-7-18-10-12/h4,6-11H,3,5H2,1-2H3,(H,19,21). The Morgan fingerprint density at radius 2 is 2.24 bits per heavy atom. The highest BCUT2D eigenvalue weighted by Gasteiger charge is 2.13. The van der Waals surface area contributed by atoms with Crippen LogP contribution in [0.2, 0.25) is 5.15 Å². The topological polar surface area (TPSA) is 54.9 Å². The van der Waals surface area contributed by atoms with Crippen molar-refractivity contribution >= 4 is 17.5 Å². The van der Waals surface area contributed by atoms with Gasteiger partial charge in [0.25, 0.3) is 5.91 Å². The molecule has 2 aromatic rings. The quantitative estimate of drug-likeness (QED) is 0.859. The average molecular weight is 304 g/mol. The van der Waals surface area contributed by atoms with Crippen molar-refractivity contribution in [2.45, 2.75) is 32.7 Å². The molecule has 110 valence electrons. The highest BCUT2D eigenvalue weighted by atomic mass is 35.5. The van der Waals surface area contributed by atoms with Gasteiger partial charge in [-0.2, -0.15) is 0 Å². The van der Waals surface area contributed by atoms with Gasteiger partial charge in [0.15, 0.2) is 0 Å². The number of aromatic nitrogens is 2. The van der Waals surface area contributed by atoms with E-state index in [-0.39, 0.29) is 11.9 Å². The summed E-state index contributed by atoms with van der Waals surface area (Å²) in [5, 5.41) is 3.29. The largest absolute Gasteiger partial charge is 0.345 e. The van der Waals surface area contributed by atoms with Gasteiger partial charge in [0.05, 0.1) is 6.04 Å². The van der Waals surface area contributed by atoms with Crippen molar-refractivity contribution in [3.8, 4) is 0 Å². The van der Waals surface area contributed by atoms with Gasteiger partial charge in [-0.15, -0.1) is 0 Å². The van der Waals surface area contributed by atoms with Crippen molar-refractivity contribution in [2.75, 3.05) is 0 Å². The van der Waals surface area contributed by atoms with Gasteiger partial charge in [-0.05, 0) is 37.1 Å². The van der Waals surface area contributed by atoms with Gasteiger partial charge in [0.1, 0.15) is 5.15 Å². The van der Waals surface area contributed by atoms with Gasteiger partial charge in [-0.25, -0.2) is 4.98 Å². The number of nitrogens with one attached hydrogen (secondary N) is 1. The van der Waals surface area contributed by atoms with Gasteiger partial charge in [-0.3, -0.25) is 9.78 Å². The van der Waals surface area contributed by atoms with Crippen LogP contribution in [-0.2, 0) is 6.42 Å². The van der Waals surface area contributed by atoms with E-state index < -0.39 is 0 Å². The minimum atomic E-state index is -0.159. The van der Waals surface area contributed by atoms with Gasteiger partial charge < -0.3 is 5.32 Å². The lowest BCUT2D eigenvalue weighted by atomic mass is 10.1. The first-order chi connectivity index (χ1) is 10.1. The van der Waals surface area contributed by atoms with Crippen LogP contribution in [0, 0.1) is 0 Å². The van der Waals surface area contributed by atoms with E-state index in [1.807, 2.05) is 19.1 Å². The second-order valence-corrected chi connectivity index (χ2v) is 5.29. The van der Waals surface area contributed by atoms with Crippen molar-refractivity contribution in [1.29, 1.82) is 0 Å². The molecule has 2 rings (SSSR count). The molecule has 2 aromatic heterocycles. The lowest BCUT2D eigenvalue weighted by molar-refractivity contribution is 0.0939. The van der Waals surface area contributed by atoms with Gasteiger partial charge in [-0.1, -0.05) is 31.0 Å². The van der Waals surface area contributed by atoms with E-state index in [2.05, 4.69) is 22.2 Å². The summed E-state index contributed by atoms with van der Waals surface area (Å²) >= 11 is 5.98. The van der Waals surface area contributed by atoms with E-state index in [0.717, 1.165) is 24.1 Å². The monoisotopic (exact) mass is 303 g/mol. The first kappa shape index (κ1) is 15.4. The minimum Gasteiger partial charge on any atom is -0.345 e. The van der Waals surface area contributed by atoms with Gasteiger partial charge in [0.2, 0.25) is 0 Å². The van der Waals surface area contributed by atoms with Crippen LogP contribution >= 0.6 is 11.6 Å². The van der Waals surface area contributed by atoms with Crippen molar-refractivity contribution in [3.63, 3.8) is 0 Å². The predicted molar refractivity (Wildman–Crippen MR) is 83.4 cm³/mol. The summed E-state index contributed by atoms with van der Waals surface area (Å²) in [6.07, 6.45) is 5.21. The molecule has 2 heterocycles. The zero-order chi connectivity index (χ0) is 15.2. The number of hydrogen-bond donors (Lipinski definition) is 1. The summed E-state index contributed by atoms with van der Waals surface area (Å²) in [6.45, 7) is 3.98. The van der Waals surface area contributed by atoms with Crippen LogP contribution in [0.1, 0.15) is 47.9 Å². The number of rotatable bonds is 5. The van der Waals surface area contributed by atoms with Crippen LogP contribution in [0.4, 0.5) is 0 Å². The van der Waals surface area contributed by atoms with Crippen molar-refractivity contribution in [3.05, 3.63) is 58.6 Å². The highest BCUT2D eigenvalue weighted by Crippen LogP contribution is 2.15. The van der Waals surface area contributed by atoms with Gasteiger partial charge >= 0.3 is 0 Å². The number of hydrogen-bond acceptors (Lipinski definition) is 3. The maximum Gasteiger partial charge on any atom is 0.251 e. The third kappa shape index (κ3) is 4.26. The summed E-state index contributed by atoms with van der Waals surface area (Å²) < 4.78 is 0. The van der Waals surface area contributed by atoms with Crippen LogP contribution in [0.5, 0.6) is 0 Å². The second-order valence-electron chi connectivity index (χ2n) is 4.90. The van der Waals surface area contributed by atoms with Crippen LogP contribution in [-0.4, -0.2) is 15.9 Å². The summed E-state index contributed by atoms with van der Waals surface area (Å²) in [6, 6.07) is 7.04. The summed E-state index contributed by atoms with van der Waals surface area (Å²) in [5.74, 6) is -0.159. The molecule has 0 radical (unpaired) electrons. The Hall–Kier alpha value is -1.94. The van der Waals surface area contributed by atoms with E-state index in [0.29, 0.717) is 10.7 Å². The van der Waals surface area contributed by atoms with E-state index >= 15 is 0 Å². The molecule has 0 aliphatic heterocycles. The average Bonchev–Trinajstić information content (AvgIpc) is 2.48. The Morgan fingerprint density at radius 1 is 1.43 bits per heavy atom. The van der Waals surface area contributed by atoms with Crippen molar-refractivity contribution in [1.82, 2.24) is 15.3 Å². The number of aryl methyl sites for hydroxylation is 1. The third-order valence-corrected chi connectivity index (χ3v) is 3.34. The minimum absolute atomic E-state index is 0.118. The molecule has 0 saturated carbocycles. The number of carbonyl (C=O) groups is 1. The molecule has 0 fully saturated rings. The molecule has 21 heavy (non-hydrogen) atoms. The molecule has 1 atom stereocenters. The van der Waals surface area contributed by atoms with E-state index in [1.165, 1.54) is 0 Å². The Kier molecular flexibility index (Phi) is 5.28. The fourth-order valence-electron chi connectivity index (χ4n) is 2.06. The number of carbonyl (C=O) groups excluding carboxylic acids is 1. The molecule has 0 aromatic carbocycles. The fraction of sp³-hybridized carbons (Fsp3) is 0.312. The zero-order valence-electron chi connectivity index (χ0n) is 12.1. The first-order valence-corrected chi connectivity index (χ1v) is 7.35. The molecule has 0 spiro atoms. The Morgan fingerprint density at radius 3 is 2.90 bits per heavy atom. The van der Waals surface area contributed by atoms with E-state index in [1.54, 1.807) is 24.5 Å². The number of amides is 1. The molecule has 0 aliphatic carbocycles. The molecule has 0 aliphatic rings. The molecule has 0 saturated heterocycles. The Balaban J connectivity index is 2.13. The molecule has 1 amide bonds. The Bertz CT molecular complexity index is 616. The maximum atomic E-state index is 12.3. The second kappa shape index (κ2) is 7.18.